The first-order valence-electron chi connectivity index (χ1n) is 10.3. The van der Waals surface area contributed by atoms with Crippen LogP contribution in [0.15, 0.2) is 43.0 Å². The lowest BCUT2D eigenvalue weighted by Crippen LogP contribution is -2.32. The van der Waals surface area contributed by atoms with Crippen LogP contribution in [0.25, 0.3) is 28.3 Å². The van der Waals surface area contributed by atoms with E-state index < -0.39 is 0 Å². The predicted octanol–water partition coefficient (Wildman–Crippen LogP) is 3.25. The van der Waals surface area contributed by atoms with E-state index in [4.69, 9.17) is 0 Å². The van der Waals surface area contributed by atoms with Gasteiger partial charge in [0.25, 0.3) is 0 Å². The van der Waals surface area contributed by atoms with Gasteiger partial charge in [0.2, 0.25) is 5.78 Å². The first-order valence-corrected chi connectivity index (χ1v) is 10.3. The van der Waals surface area contributed by atoms with Crippen LogP contribution in [0.5, 0.6) is 5.75 Å². The summed E-state index contributed by atoms with van der Waals surface area (Å²) in [4.78, 5) is 15.5. The van der Waals surface area contributed by atoms with Crippen molar-refractivity contribution in [2.24, 2.45) is 5.92 Å². The number of fused-ring (bicyclic) bond motifs is 3. The predicted molar refractivity (Wildman–Crippen MR) is 112 cm³/mol. The smallest absolute Gasteiger partial charge is 0.233 e. The summed E-state index contributed by atoms with van der Waals surface area (Å²) < 4.78 is 1.87. The Labute approximate surface area is 173 Å². The lowest BCUT2D eigenvalue weighted by Gasteiger charge is -2.27. The van der Waals surface area contributed by atoms with E-state index in [0.717, 1.165) is 35.1 Å². The SMILES string of the molecule is Cc1cn2cc(-c3cnc(-c4ccc(N5CC6CCC5C6)nn4)c(O)c3)cnc2n1. The molecule has 0 spiro atoms. The molecule has 1 N–H and O–H groups in total. The molecule has 2 aliphatic rings. The van der Waals surface area contributed by atoms with Crippen molar-refractivity contribution in [2.45, 2.75) is 32.2 Å². The summed E-state index contributed by atoms with van der Waals surface area (Å²) in [5.41, 5.74) is 3.51. The van der Waals surface area contributed by atoms with Gasteiger partial charge >= 0.3 is 0 Å². The minimum atomic E-state index is 0.0664. The molecular formula is C22H21N7O. The Morgan fingerprint density at radius 2 is 1.93 bits per heavy atom. The summed E-state index contributed by atoms with van der Waals surface area (Å²) in [6, 6.07) is 6.16. The third kappa shape index (κ3) is 2.79. The number of pyridine rings is 1. The van der Waals surface area contributed by atoms with Gasteiger partial charge in [0.1, 0.15) is 17.1 Å². The molecule has 1 saturated carbocycles. The van der Waals surface area contributed by atoms with Gasteiger partial charge in [-0.1, -0.05) is 0 Å². The summed E-state index contributed by atoms with van der Waals surface area (Å²) in [6.07, 6.45) is 11.1. The van der Waals surface area contributed by atoms with E-state index in [1.165, 1.54) is 19.3 Å². The van der Waals surface area contributed by atoms with E-state index >= 15 is 0 Å². The van der Waals surface area contributed by atoms with Crippen LogP contribution >= 0.6 is 0 Å². The Morgan fingerprint density at radius 3 is 2.67 bits per heavy atom. The normalized spacial score (nSPS) is 20.4. The molecule has 1 saturated heterocycles. The Kier molecular flexibility index (Phi) is 3.74. The highest BCUT2D eigenvalue weighted by molar-refractivity contribution is 5.70. The first kappa shape index (κ1) is 17.3. The molecule has 150 valence electrons. The molecule has 5 heterocycles. The number of anilines is 1. The second kappa shape index (κ2) is 6.48. The Hall–Kier alpha value is -3.55. The molecule has 30 heavy (non-hydrogen) atoms. The number of aromatic hydroxyl groups is 1. The van der Waals surface area contributed by atoms with Gasteiger partial charge in [-0.2, -0.15) is 0 Å². The molecule has 0 radical (unpaired) electrons. The van der Waals surface area contributed by atoms with Crippen LogP contribution in [0.4, 0.5) is 5.82 Å². The quantitative estimate of drug-likeness (QED) is 0.565. The molecular weight excluding hydrogens is 378 g/mol. The molecule has 4 aromatic rings. The first-order chi connectivity index (χ1) is 14.6. The van der Waals surface area contributed by atoms with Gasteiger partial charge in [-0.25, -0.2) is 15.0 Å². The summed E-state index contributed by atoms with van der Waals surface area (Å²) >= 11 is 0. The fourth-order valence-corrected chi connectivity index (χ4v) is 4.77. The van der Waals surface area contributed by atoms with Crippen LogP contribution in [0.2, 0.25) is 0 Å². The fourth-order valence-electron chi connectivity index (χ4n) is 4.77. The van der Waals surface area contributed by atoms with Crippen molar-refractivity contribution in [2.75, 3.05) is 11.4 Å². The van der Waals surface area contributed by atoms with E-state index in [9.17, 15) is 5.11 Å². The molecule has 2 fully saturated rings. The van der Waals surface area contributed by atoms with Crippen molar-refractivity contribution >= 4 is 11.6 Å². The number of aromatic nitrogens is 6. The number of aryl methyl sites for hydroxylation is 1. The van der Waals surface area contributed by atoms with Gasteiger partial charge in [0.15, 0.2) is 5.82 Å². The van der Waals surface area contributed by atoms with Crippen molar-refractivity contribution < 1.29 is 5.11 Å². The lowest BCUT2D eigenvalue weighted by atomic mass is 10.1. The molecule has 4 aromatic heterocycles. The fraction of sp³-hybridized carbons (Fsp3) is 0.318. The molecule has 6 rings (SSSR count). The van der Waals surface area contributed by atoms with Crippen molar-refractivity contribution in [1.29, 1.82) is 0 Å². The van der Waals surface area contributed by atoms with Crippen molar-refractivity contribution in [3.05, 3.63) is 48.7 Å². The number of hydrogen-bond acceptors (Lipinski definition) is 7. The van der Waals surface area contributed by atoms with Crippen LogP contribution in [0.3, 0.4) is 0 Å². The van der Waals surface area contributed by atoms with E-state index in [1.54, 1.807) is 18.5 Å². The zero-order valence-corrected chi connectivity index (χ0v) is 16.6. The average molecular weight is 399 g/mol. The molecule has 0 amide bonds. The largest absolute Gasteiger partial charge is 0.506 e. The number of rotatable bonds is 3. The van der Waals surface area contributed by atoms with Crippen molar-refractivity contribution in [1.82, 2.24) is 29.5 Å². The summed E-state index contributed by atoms with van der Waals surface area (Å²) in [5, 5.41) is 19.4. The van der Waals surface area contributed by atoms with Gasteiger partial charge in [-0.05, 0) is 50.3 Å². The zero-order valence-electron chi connectivity index (χ0n) is 16.6. The van der Waals surface area contributed by atoms with E-state index in [1.807, 2.05) is 35.9 Å². The third-order valence-corrected chi connectivity index (χ3v) is 6.23. The van der Waals surface area contributed by atoms with Crippen LogP contribution in [0, 0.1) is 12.8 Å². The summed E-state index contributed by atoms with van der Waals surface area (Å²) in [7, 11) is 0. The second-order valence-electron chi connectivity index (χ2n) is 8.29. The molecule has 2 unspecified atom stereocenters. The Balaban J connectivity index is 1.28. The van der Waals surface area contributed by atoms with Crippen molar-refractivity contribution in [3.8, 4) is 28.3 Å². The van der Waals surface area contributed by atoms with Gasteiger partial charge in [-0.15, -0.1) is 10.2 Å². The molecule has 1 aliphatic carbocycles. The second-order valence-corrected chi connectivity index (χ2v) is 8.29. The van der Waals surface area contributed by atoms with E-state index in [2.05, 4.69) is 30.0 Å². The standard InChI is InChI=1S/C22H21N7O/c1-13-10-28-12-16(9-24-22(28)25-13)15-7-19(30)21(23-8-15)18-4-5-20(27-26-18)29-11-14-2-3-17(29)6-14/h4-5,7-10,12,14,17,30H,2-3,6,11H2,1H3. The molecule has 2 atom stereocenters. The van der Waals surface area contributed by atoms with Gasteiger partial charge < -0.3 is 10.0 Å². The van der Waals surface area contributed by atoms with E-state index in [0.29, 0.717) is 23.2 Å². The molecule has 1 aliphatic heterocycles. The number of nitrogens with zero attached hydrogens (tertiary/aromatic N) is 7. The molecule has 2 bridgehead atoms. The number of piperidine rings is 1. The highest BCUT2D eigenvalue weighted by Gasteiger charge is 2.38. The van der Waals surface area contributed by atoms with Crippen LogP contribution in [0.1, 0.15) is 25.0 Å². The van der Waals surface area contributed by atoms with Gasteiger partial charge in [0.05, 0.1) is 5.69 Å². The lowest BCUT2D eigenvalue weighted by molar-refractivity contribution is 0.475. The highest BCUT2D eigenvalue weighted by Crippen LogP contribution is 2.39. The average Bonchev–Trinajstić information content (AvgIpc) is 3.48. The summed E-state index contributed by atoms with van der Waals surface area (Å²) in [6.45, 7) is 3.00. The third-order valence-electron chi connectivity index (χ3n) is 6.23. The zero-order chi connectivity index (χ0) is 20.2. The summed E-state index contributed by atoms with van der Waals surface area (Å²) in [5.74, 6) is 2.43. The molecule has 8 heteroatoms. The van der Waals surface area contributed by atoms with Gasteiger partial charge in [-0.3, -0.25) is 4.40 Å². The molecule has 8 nitrogen and oxygen atoms in total. The molecule has 0 aromatic carbocycles. The van der Waals surface area contributed by atoms with Crippen molar-refractivity contribution in [3.63, 3.8) is 0 Å². The Bertz CT molecular complexity index is 1250. The van der Waals surface area contributed by atoms with E-state index in [-0.39, 0.29) is 5.75 Å². The maximum Gasteiger partial charge on any atom is 0.233 e. The topological polar surface area (TPSA) is 92.3 Å². The monoisotopic (exact) mass is 399 g/mol. The van der Waals surface area contributed by atoms with Crippen LogP contribution in [-0.2, 0) is 0 Å². The maximum atomic E-state index is 10.6. The van der Waals surface area contributed by atoms with Crippen LogP contribution < -0.4 is 4.90 Å². The number of imidazole rings is 1. The minimum absolute atomic E-state index is 0.0664. The number of hydrogen-bond donors (Lipinski definition) is 1. The maximum absolute atomic E-state index is 10.6. The highest BCUT2D eigenvalue weighted by atomic mass is 16.3. The minimum Gasteiger partial charge on any atom is -0.506 e. The van der Waals surface area contributed by atoms with Gasteiger partial charge in [0, 0.05) is 48.5 Å². The Morgan fingerprint density at radius 1 is 1.03 bits per heavy atom. The van der Waals surface area contributed by atoms with Crippen LogP contribution in [-0.4, -0.2) is 47.2 Å².